The lowest BCUT2D eigenvalue weighted by Gasteiger charge is -2.09. The Hall–Kier alpha value is -2.43. The first-order valence-corrected chi connectivity index (χ1v) is 5.96. The molecule has 0 amide bonds. The molecule has 1 unspecified atom stereocenters. The van der Waals surface area contributed by atoms with Crippen molar-refractivity contribution in [2.24, 2.45) is 0 Å². The van der Waals surface area contributed by atoms with E-state index in [2.05, 4.69) is 6.58 Å². The fourth-order valence-corrected chi connectivity index (χ4v) is 0.581. The van der Waals surface area contributed by atoms with Crippen molar-refractivity contribution < 1.29 is 23.9 Å². The molecule has 0 aromatic heterocycles. The molecule has 9 heteroatoms. The Balaban J connectivity index is -0.000000103. The average molecular weight is 287 g/mol. The minimum absolute atomic E-state index is 0.143. The van der Waals surface area contributed by atoms with Gasteiger partial charge in [0.05, 0.1) is 16.0 Å². The van der Waals surface area contributed by atoms with Crippen LogP contribution in [0.25, 0.3) is 0 Å². The maximum atomic E-state index is 10.8. The molecule has 0 saturated carbocycles. The number of nitrogens with one attached hydrogen (secondary N) is 3. The second kappa shape index (κ2) is 24.7. The van der Waals surface area contributed by atoms with Crippen LogP contribution in [-0.2, 0) is 23.9 Å². The van der Waals surface area contributed by atoms with Gasteiger partial charge in [0, 0.05) is 5.57 Å². The molecule has 0 heterocycles. The SMILES string of the molecule is C=C(C)C(=O)OC([SiH3])CC.N=C=O.N=C=O.N=C=O. The third-order valence-electron chi connectivity index (χ3n) is 1.23. The molecule has 3 N–H and O–H groups in total. The molecule has 0 rings (SSSR count). The van der Waals surface area contributed by atoms with Crippen molar-refractivity contribution >= 4 is 34.5 Å². The maximum absolute atomic E-state index is 10.8. The summed E-state index contributed by atoms with van der Waals surface area (Å²) in [4.78, 5) is 35.9. The van der Waals surface area contributed by atoms with Gasteiger partial charge < -0.3 is 4.74 Å². The zero-order valence-corrected chi connectivity index (χ0v) is 13.0. The van der Waals surface area contributed by atoms with Crippen LogP contribution >= 0.6 is 0 Å². The highest BCUT2D eigenvalue weighted by molar-refractivity contribution is 6.12. The second-order valence-electron chi connectivity index (χ2n) is 2.71. The average Bonchev–Trinajstić information content (AvgIpc) is 2.31. The molecule has 0 aliphatic carbocycles. The highest BCUT2D eigenvalue weighted by Gasteiger charge is 2.06. The van der Waals surface area contributed by atoms with Gasteiger partial charge in [0.2, 0.25) is 18.2 Å². The van der Waals surface area contributed by atoms with E-state index in [1.165, 1.54) is 0 Å². The number of esters is 1. The van der Waals surface area contributed by atoms with Crippen LogP contribution in [-0.4, -0.2) is 40.2 Å². The van der Waals surface area contributed by atoms with Crippen molar-refractivity contribution in [2.75, 3.05) is 0 Å². The van der Waals surface area contributed by atoms with Crippen molar-refractivity contribution in [1.82, 2.24) is 0 Å². The molecular formula is C10H17N3O5Si. The van der Waals surface area contributed by atoms with E-state index >= 15 is 0 Å². The molecule has 8 nitrogen and oxygen atoms in total. The van der Waals surface area contributed by atoms with Crippen LogP contribution < -0.4 is 0 Å². The molecular weight excluding hydrogens is 270 g/mol. The van der Waals surface area contributed by atoms with Crippen molar-refractivity contribution in [1.29, 1.82) is 16.2 Å². The monoisotopic (exact) mass is 287 g/mol. The van der Waals surface area contributed by atoms with Crippen LogP contribution in [0.2, 0.25) is 0 Å². The number of hydrogen-bond donors (Lipinski definition) is 3. The van der Waals surface area contributed by atoms with E-state index in [1.54, 1.807) is 6.92 Å². The van der Waals surface area contributed by atoms with Crippen LogP contribution in [0, 0.1) is 16.2 Å². The van der Waals surface area contributed by atoms with Gasteiger partial charge in [-0.05, 0) is 13.3 Å². The summed E-state index contributed by atoms with van der Waals surface area (Å²) in [6.07, 6.45) is 3.16. The second-order valence-corrected chi connectivity index (χ2v) is 4.00. The summed E-state index contributed by atoms with van der Waals surface area (Å²) in [6.45, 7) is 7.15. The summed E-state index contributed by atoms with van der Waals surface area (Å²) >= 11 is 0. The van der Waals surface area contributed by atoms with E-state index < -0.39 is 0 Å². The summed E-state index contributed by atoms with van der Waals surface area (Å²) in [5, 5.41) is 16.2. The topological polar surface area (TPSA) is 149 Å². The van der Waals surface area contributed by atoms with E-state index in [4.69, 9.17) is 35.3 Å². The largest absolute Gasteiger partial charge is 0.464 e. The van der Waals surface area contributed by atoms with Crippen LogP contribution in [0.5, 0.6) is 0 Å². The molecule has 0 fully saturated rings. The highest BCUT2D eigenvalue weighted by atomic mass is 28.1. The molecule has 0 aliphatic heterocycles. The summed E-state index contributed by atoms with van der Waals surface area (Å²) in [5.41, 5.74) is 0.624. The van der Waals surface area contributed by atoms with Gasteiger partial charge in [0.1, 0.15) is 0 Å². The number of rotatable bonds is 3. The van der Waals surface area contributed by atoms with Crippen LogP contribution in [0.4, 0.5) is 0 Å². The van der Waals surface area contributed by atoms with Gasteiger partial charge in [-0.15, -0.1) is 0 Å². The van der Waals surface area contributed by atoms with Crippen LogP contribution in [0.15, 0.2) is 12.2 Å². The van der Waals surface area contributed by atoms with Gasteiger partial charge in [0.25, 0.3) is 0 Å². The van der Waals surface area contributed by atoms with Crippen LogP contribution in [0.3, 0.4) is 0 Å². The zero-order chi connectivity index (χ0) is 16.3. The van der Waals surface area contributed by atoms with E-state index in [0.29, 0.717) is 5.57 Å². The molecule has 0 aromatic rings. The Morgan fingerprint density at radius 1 is 1.21 bits per heavy atom. The standard InChI is InChI=1S/C7H14O2Si.3CHNO/c1-4-6(10)9-7(8)5(2)3;3*2-1-3/h6H,2,4H2,1,3,10H3;3*2H. The first kappa shape index (κ1) is 25.4. The molecule has 0 saturated heterocycles. The predicted octanol–water partition coefficient (Wildman–Crippen LogP) is -0.0899. The van der Waals surface area contributed by atoms with E-state index in [-0.39, 0.29) is 11.7 Å². The summed E-state index contributed by atoms with van der Waals surface area (Å²) < 4.78 is 4.98. The Labute approximate surface area is 113 Å². The molecule has 0 radical (unpaired) electrons. The number of carbonyl (C=O) groups excluding carboxylic acids is 4. The Morgan fingerprint density at radius 2 is 1.47 bits per heavy atom. The van der Waals surface area contributed by atoms with Crippen molar-refractivity contribution in [3.8, 4) is 0 Å². The molecule has 0 aliphatic rings. The van der Waals surface area contributed by atoms with E-state index in [9.17, 15) is 4.79 Å². The van der Waals surface area contributed by atoms with Gasteiger partial charge in [0.15, 0.2) is 0 Å². The number of isocyanates is 3. The number of hydrogen-bond acceptors (Lipinski definition) is 8. The Kier molecular flexibility index (Phi) is 33.0. The summed E-state index contributed by atoms with van der Waals surface area (Å²) in [6, 6.07) is 0. The first-order valence-electron chi connectivity index (χ1n) is 4.80. The molecule has 0 spiro atoms. The van der Waals surface area contributed by atoms with Gasteiger partial charge >= 0.3 is 5.97 Å². The lowest BCUT2D eigenvalue weighted by molar-refractivity contribution is -0.140. The zero-order valence-electron chi connectivity index (χ0n) is 11.0. The molecule has 0 aromatic carbocycles. The van der Waals surface area contributed by atoms with Crippen molar-refractivity contribution in [3.05, 3.63) is 12.2 Å². The highest BCUT2D eigenvalue weighted by Crippen LogP contribution is 1.97. The molecule has 106 valence electrons. The Morgan fingerprint density at radius 3 is 1.63 bits per heavy atom. The third kappa shape index (κ3) is 50.0. The minimum Gasteiger partial charge on any atom is -0.464 e. The minimum atomic E-state index is -0.262. The number of ether oxygens (including phenoxy) is 1. The third-order valence-corrected chi connectivity index (χ3v) is 2.28. The molecule has 1 atom stereocenters. The predicted molar refractivity (Wildman–Crippen MR) is 70.2 cm³/mol. The molecule has 0 bridgehead atoms. The summed E-state index contributed by atoms with van der Waals surface area (Å²) in [7, 11) is 0.899. The van der Waals surface area contributed by atoms with Gasteiger partial charge in [-0.1, -0.05) is 13.5 Å². The lowest BCUT2D eigenvalue weighted by Crippen LogP contribution is -2.17. The fourth-order valence-electron chi connectivity index (χ4n) is 0.367. The smallest absolute Gasteiger partial charge is 0.333 e. The van der Waals surface area contributed by atoms with Gasteiger partial charge in [-0.2, -0.15) is 0 Å². The van der Waals surface area contributed by atoms with E-state index in [0.717, 1.165) is 34.9 Å². The normalized spacial score (nSPS) is 7.89. The first-order chi connectivity index (χ1) is 8.82. The van der Waals surface area contributed by atoms with E-state index in [1.807, 2.05) is 6.92 Å². The van der Waals surface area contributed by atoms with Crippen molar-refractivity contribution in [3.63, 3.8) is 0 Å². The lowest BCUT2D eigenvalue weighted by atomic mass is 10.4. The van der Waals surface area contributed by atoms with Gasteiger partial charge in [-0.25, -0.2) is 35.4 Å². The number of carbonyl (C=O) groups is 1. The fraction of sp³-hybridized carbons (Fsp3) is 0.400. The van der Waals surface area contributed by atoms with Gasteiger partial charge in [-0.3, -0.25) is 0 Å². The maximum Gasteiger partial charge on any atom is 0.333 e. The quantitative estimate of drug-likeness (QED) is 0.218. The Bertz CT molecular complexity index is 324. The van der Waals surface area contributed by atoms with Crippen LogP contribution in [0.1, 0.15) is 20.3 Å². The summed E-state index contributed by atoms with van der Waals surface area (Å²) in [5.74, 6) is -0.262. The van der Waals surface area contributed by atoms with Crippen molar-refractivity contribution in [2.45, 2.75) is 26.0 Å². The molecule has 19 heavy (non-hydrogen) atoms.